The van der Waals surface area contributed by atoms with E-state index >= 15 is 0 Å². The lowest BCUT2D eigenvalue weighted by Gasteiger charge is -2.00. The molecule has 0 radical (unpaired) electrons. The van der Waals surface area contributed by atoms with E-state index in [1.807, 2.05) is 0 Å². The van der Waals surface area contributed by atoms with Crippen molar-refractivity contribution in [3.05, 3.63) is 35.4 Å². The van der Waals surface area contributed by atoms with Crippen LogP contribution < -0.4 is 0 Å². The van der Waals surface area contributed by atoms with E-state index < -0.39 is 11.6 Å². The number of Topliss-reactive ketones (excluding diaryl/α,β-unsaturated/α-hetero) is 1. The maximum atomic E-state index is 12.9. The molecule has 0 aliphatic carbocycles. The van der Waals surface area contributed by atoms with Crippen LogP contribution in [-0.4, -0.2) is 17.8 Å². The van der Waals surface area contributed by atoms with Crippen molar-refractivity contribution in [3.63, 3.8) is 0 Å². The number of hydrogen-bond acceptors (Lipinski definition) is 2. The van der Waals surface area contributed by atoms with Crippen molar-refractivity contribution in [1.29, 1.82) is 0 Å². The molecule has 4 heteroatoms. The van der Waals surface area contributed by atoms with Crippen LogP contribution in [0.25, 0.3) is 0 Å². The summed E-state index contributed by atoms with van der Waals surface area (Å²) >= 11 is 1.28. The molecule has 0 atom stereocenters. The van der Waals surface area contributed by atoms with Gasteiger partial charge in [0, 0.05) is 0 Å². The molecule has 0 amide bonds. The van der Waals surface area contributed by atoms with Crippen molar-refractivity contribution in [2.24, 2.45) is 0 Å². The van der Waals surface area contributed by atoms with Gasteiger partial charge in [-0.2, -0.15) is 11.8 Å². The fourth-order valence-electron chi connectivity index (χ4n) is 0.920. The first kappa shape index (κ1) is 10.2. The van der Waals surface area contributed by atoms with Gasteiger partial charge in [-0.05, 0) is 24.5 Å². The fraction of sp³-hybridized carbons (Fsp3) is 0.222. The van der Waals surface area contributed by atoms with Crippen molar-refractivity contribution in [1.82, 2.24) is 0 Å². The molecule has 0 saturated heterocycles. The fourth-order valence-corrected chi connectivity index (χ4v) is 1.34. The Morgan fingerprint density at radius 2 is 2.15 bits per heavy atom. The van der Waals surface area contributed by atoms with E-state index in [2.05, 4.69) is 0 Å². The summed E-state index contributed by atoms with van der Waals surface area (Å²) in [7, 11) is 0. The molecule has 70 valence electrons. The van der Waals surface area contributed by atoms with Crippen LogP contribution in [0.15, 0.2) is 18.2 Å². The summed E-state index contributed by atoms with van der Waals surface area (Å²) in [6.45, 7) is 0. The Bertz CT molecular complexity index is 325. The average molecular weight is 202 g/mol. The lowest BCUT2D eigenvalue weighted by atomic mass is 10.1. The Morgan fingerprint density at radius 1 is 1.46 bits per heavy atom. The summed E-state index contributed by atoms with van der Waals surface area (Å²) in [5.41, 5.74) is -0.172. The number of rotatable bonds is 3. The molecular weight excluding hydrogens is 194 g/mol. The average Bonchev–Trinajstić information content (AvgIpc) is 2.09. The molecule has 0 unspecified atom stereocenters. The molecule has 0 aliphatic rings. The maximum absolute atomic E-state index is 12.9. The van der Waals surface area contributed by atoms with Gasteiger partial charge in [-0.15, -0.1) is 0 Å². The number of thioether (sulfide) groups is 1. The molecule has 0 fully saturated rings. The smallest absolute Gasteiger partial charge is 0.175 e. The highest BCUT2D eigenvalue weighted by molar-refractivity contribution is 7.99. The lowest BCUT2D eigenvalue weighted by molar-refractivity contribution is 0.101. The van der Waals surface area contributed by atoms with Crippen LogP contribution in [0.3, 0.4) is 0 Å². The summed E-state index contributed by atoms with van der Waals surface area (Å²) in [6.07, 6.45) is 1.73. The first-order valence-corrected chi connectivity index (χ1v) is 5.01. The van der Waals surface area contributed by atoms with Gasteiger partial charge in [-0.1, -0.05) is 0 Å². The molecule has 0 saturated carbocycles. The Kier molecular flexibility index (Phi) is 3.42. The van der Waals surface area contributed by atoms with Crippen molar-refractivity contribution < 1.29 is 13.6 Å². The minimum atomic E-state index is -0.666. The Labute approximate surface area is 79.1 Å². The minimum absolute atomic E-state index is 0.167. The second kappa shape index (κ2) is 4.37. The van der Waals surface area contributed by atoms with Crippen LogP contribution in [0.5, 0.6) is 0 Å². The zero-order chi connectivity index (χ0) is 9.84. The van der Waals surface area contributed by atoms with Crippen molar-refractivity contribution >= 4 is 17.5 Å². The van der Waals surface area contributed by atoms with Gasteiger partial charge in [0.1, 0.15) is 11.6 Å². The Morgan fingerprint density at radius 3 is 2.77 bits per heavy atom. The van der Waals surface area contributed by atoms with E-state index in [4.69, 9.17) is 0 Å². The van der Waals surface area contributed by atoms with E-state index in [0.717, 1.165) is 18.2 Å². The van der Waals surface area contributed by atoms with Crippen LogP contribution in [0.4, 0.5) is 8.78 Å². The number of hydrogen-bond donors (Lipinski definition) is 0. The second-order valence-electron chi connectivity index (χ2n) is 2.48. The minimum Gasteiger partial charge on any atom is -0.293 e. The van der Waals surface area contributed by atoms with Gasteiger partial charge in [0.25, 0.3) is 0 Å². The molecule has 13 heavy (non-hydrogen) atoms. The SMILES string of the molecule is CSCC(=O)c1cc(F)ccc1F. The molecule has 1 nitrogen and oxygen atoms in total. The summed E-state index contributed by atoms with van der Waals surface area (Å²) in [4.78, 5) is 11.2. The van der Waals surface area contributed by atoms with E-state index in [1.165, 1.54) is 11.8 Å². The highest BCUT2D eigenvalue weighted by Gasteiger charge is 2.11. The van der Waals surface area contributed by atoms with Crippen LogP contribution in [-0.2, 0) is 0 Å². The third-order valence-corrected chi connectivity index (χ3v) is 2.06. The topological polar surface area (TPSA) is 17.1 Å². The zero-order valence-corrected chi connectivity index (χ0v) is 7.83. The standard InChI is InChI=1S/C9H8F2OS/c1-13-5-9(12)7-4-6(10)2-3-8(7)11/h2-4H,5H2,1H3. The molecule has 1 aromatic rings. The van der Waals surface area contributed by atoms with Gasteiger partial charge in [0.05, 0.1) is 11.3 Å². The quantitative estimate of drug-likeness (QED) is 0.700. The number of carbonyl (C=O) groups is 1. The van der Waals surface area contributed by atoms with Gasteiger partial charge in [0.15, 0.2) is 5.78 Å². The van der Waals surface area contributed by atoms with Crippen LogP contribution in [0.1, 0.15) is 10.4 Å². The van der Waals surface area contributed by atoms with Gasteiger partial charge < -0.3 is 0 Å². The highest BCUT2D eigenvalue weighted by Crippen LogP contribution is 2.12. The predicted octanol–water partition coefficient (Wildman–Crippen LogP) is 2.51. The molecule has 0 N–H and O–H groups in total. The molecule has 0 aliphatic heterocycles. The molecule has 0 aromatic heterocycles. The highest BCUT2D eigenvalue weighted by atomic mass is 32.2. The summed E-state index contributed by atoms with van der Waals surface area (Å²) in [5, 5.41) is 0. The van der Waals surface area contributed by atoms with Gasteiger partial charge in [-0.25, -0.2) is 8.78 Å². The molecule has 0 heterocycles. The summed E-state index contributed by atoms with van der Waals surface area (Å²) < 4.78 is 25.6. The number of halogens is 2. The van der Waals surface area contributed by atoms with Gasteiger partial charge in [-0.3, -0.25) is 4.79 Å². The molecule has 0 spiro atoms. The second-order valence-corrected chi connectivity index (χ2v) is 3.35. The van der Waals surface area contributed by atoms with E-state index in [9.17, 15) is 13.6 Å². The normalized spacial score (nSPS) is 10.1. The van der Waals surface area contributed by atoms with Crippen LogP contribution in [0.2, 0.25) is 0 Å². The largest absolute Gasteiger partial charge is 0.293 e. The Hall–Kier alpha value is -0.900. The van der Waals surface area contributed by atoms with Crippen molar-refractivity contribution in [2.75, 3.05) is 12.0 Å². The number of carbonyl (C=O) groups excluding carboxylic acids is 1. The maximum Gasteiger partial charge on any atom is 0.175 e. The van der Waals surface area contributed by atoms with Crippen molar-refractivity contribution in [2.45, 2.75) is 0 Å². The van der Waals surface area contributed by atoms with E-state index in [0.29, 0.717) is 0 Å². The van der Waals surface area contributed by atoms with E-state index in [-0.39, 0.29) is 17.1 Å². The van der Waals surface area contributed by atoms with Gasteiger partial charge >= 0.3 is 0 Å². The van der Waals surface area contributed by atoms with Gasteiger partial charge in [0.2, 0.25) is 0 Å². The first-order chi connectivity index (χ1) is 6.15. The predicted molar refractivity (Wildman–Crippen MR) is 49.1 cm³/mol. The van der Waals surface area contributed by atoms with Crippen LogP contribution >= 0.6 is 11.8 Å². The molecule has 0 bridgehead atoms. The summed E-state index contributed by atoms with van der Waals surface area (Å²) in [5.74, 6) is -1.48. The monoisotopic (exact) mass is 202 g/mol. The number of ketones is 1. The summed E-state index contributed by atoms with van der Waals surface area (Å²) in [6, 6.07) is 2.88. The first-order valence-electron chi connectivity index (χ1n) is 3.62. The molecule has 1 aromatic carbocycles. The lowest BCUT2D eigenvalue weighted by Crippen LogP contribution is -2.05. The third kappa shape index (κ3) is 2.52. The zero-order valence-electron chi connectivity index (χ0n) is 7.01. The third-order valence-electron chi connectivity index (χ3n) is 1.50. The Balaban J connectivity index is 2.99. The van der Waals surface area contributed by atoms with Crippen LogP contribution in [0, 0.1) is 11.6 Å². The van der Waals surface area contributed by atoms with E-state index in [1.54, 1.807) is 6.26 Å². The molecular formula is C9H8F2OS. The molecule has 1 rings (SSSR count). The number of benzene rings is 1. The van der Waals surface area contributed by atoms with Crippen molar-refractivity contribution in [3.8, 4) is 0 Å².